The first-order valence-electron chi connectivity index (χ1n) is 2.44. The summed E-state index contributed by atoms with van der Waals surface area (Å²) in [5, 5.41) is 0. The molecule has 0 aromatic rings. The van der Waals surface area contributed by atoms with E-state index in [-0.39, 0.29) is 0 Å². The lowest BCUT2D eigenvalue weighted by molar-refractivity contribution is 0.0692. The molecule has 5 heteroatoms. The quantitative estimate of drug-likeness (QED) is 0.446. The van der Waals surface area contributed by atoms with E-state index in [1.54, 1.807) is 0 Å². The van der Waals surface area contributed by atoms with Gasteiger partial charge in [0.05, 0.1) is 13.2 Å². The summed E-state index contributed by atoms with van der Waals surface area (Å²) >= 11 is 0. The highest BCUT2D eigenvalue weighted by atomic mass is 16.7. The summed E-state index contributed by atoms with van der Waals surface area (Å²) in [6.07, 6.45) is 0. The van der Waals surface area contributed by atoms with Crippen LogP contribution in [0.5, 0.6) is 0 Å². The van der Waals surface area contributed by atoms with Gasteiger partial charge in [0.25, 0.3) is 0 Å². The molecule has 0 saturated carbocycles. The Hall–Kier alpha value is -0.810. The Bertz CT molecular complexity index is 70.3. The monoisotopic (exact) mass is 134 g/mol. The third-order valence-electron chi connectivity index (χ3n) is 0.539. The van der Waals surface area contributed by atoms with Crippen LogP contribution in [-0.4, -0.2) is 26.0 Å². The van der Waals surface area contributed by atoms with E-state index in [9.17, 15) is 0 Å². The van der Waals surface area contributed by atoms with Gasteiger partial charge in [-0.1, -0.05) is 0 Å². The number of ether oxygens (including phenoxy) is 2. The molecule has 0 atom stereocenters. The largest absolute Gasteiger partial charge is 0.353 e. The van der Waals surface area contributed by atoms with Crippen molar-refractivity contribution in [2.24, 2.45) is 11.5 Å². The van der Waals surface area contributed by atoms with Crippen molar-refractivity contribution in [3.8, 4) is 0 Å². The average Bonchev–Trinajstić information content (AvgIpc) is 2.11. The lowest BCUT2D eigenvalue weighted by Gasteiger charge is -1.76. The van der Waals surface area contributed by atoms with Crippen LogP contribution < -0.4 is 11.5 Å². The second-order valence-corrected chi connectivity index (χ2v) is 1.34. The molecule has 1 fully saturated rings. The van der Waals surface area contributed by atoms with Gasteiger partial charge in [0, 0.05) is 0 Å². The Balaban J connectivity index is 0.000000148. The Morgan fingerprint density at radius 3 is 1.67 bits per heavy atom. The summed E-state index contributed by atoms with van der Waals surface area (Å²) in [7, 11) is 0. The lowest BCUT2D eigenvalue weighted by Crippen LogP contribution is -2.18. The van der Waals surface area contributed by atoms with Gasteiger partial charge in [0.2, 0.25) is 0 Å². The summed E-state index contributed by atoms with van der Waals surface area (Å²) in [5.41, 5.74) is 8.50. The third-order valence-corrected chi connectivity index (χ3v) is 0.539. The molecule has 0 aromatic carbocycles. The number of amides is 2. The minimum atomic E-state index is -0.833. The van der Waals surface area contributed by atoms with E-state index in [4.69, 9.17) is 14.3 Å². The van der Waals surface area contributed by atoms with Crippen LogP contribution in [-0.2, 0) is 9.47 Å². The third kappa shape index (κ3) is 11.0. The van der Waals surface area contributed by atoms with Gasteiger partial charge < -0.3 is 20.9 Å². The van der Waals surface area contributed by atoms with E-state index in [0.717, 1.165) is 13.2 Å². The lowest BCUT2D eigenvalue weighted by atomic mass is 10.8. The van der Waals surface area contributed by atoms with Crippen LogP contribution in [0.1, 0.15) is 0 Å². The Labute approximate surface area is 52.9 Å². The van der Waals surface area contributed by atoms with Crippen LogP contribution in [0.2, 0.25) is 0 Å². The second-order valence-electron chi connectivity index (χ2n) is 1.34. The second kappa shape index (κ2) is 5.33. The van der Waals surface area contributed by atoms with Gasteiger partial charge in [-0.25, -0.2) is 4.79 Å². The number of hydrogen-bond donors (Lipinski definition) is 2. The molecule has 0 spiro atoms. The summed E-state index contributed by atoms with van der Waals surface area (Å²) in [6.45, 7) is 2.06. The molecule has 1 heterocycles. The van der Waals surface area contributed by atoms with E-state index < -0.39 is 6.03 Å². The van der Waals surface area contributed by atoms with E-state index in [1.807, 2.05) is 0 Å². The number of carbonyl (C=O) groups excluding carboxylic acids is 1. The fourth-order valence-corrected chi connectivity index (χ4v) is 0.295. The van der Waals surface area contributed by atoms with Crippen LogP contribution >= 0.6 is 0 Å². The first kappa shape index (κ1) is 8.19. The number of rotatable bonds is 0. The molecular formula is C4H10N2O3. The number of nitrogens with two attached hydrogens (primary N) is 2. The summed E-state index contributed by atoms with van der Waals surface area (Å²) in [4.78, 5) is 9.00. The molecular weight excluding hydrogens is 124 g/mol. The fourth-order valence-electron chi connectivity index (χ4n) is 0.295. The first-order valence-corrected chi connectivity index (χ1v) is 2.44. The maximum atomic E-state index is 9.00. The molecule has 2 amide bonds. The van der Waals surface area contributed by atoms with Crippen molar-refractivity contribution in [3.05, 3.63) is 0 Å². The molecule has 9 heavy (non-hydrogen) atoms. The normalized spacial score (nSPS) is 16.0. The van der Waals surface area contributed by atoms with Crippen molar-refractivity contribution in [1.29, 1.82) is 0 Å². The van der Waals surface area contributed by atoms with Gasteiger partial charge in [0.15, 0.2) is 0 Å². The number of carbonyl (C=O) groups is 1. The maximum Gasteiger partial charge on any atom is 0.309 e. The summed E-state index contributed by atoms with van der Waals surface area (Å²) in [5.74, 6) is 0. The number of urea groups is 1. The minimum Gasteiger partial charge on any atom is -0.353 e. The predicted octanol–water partition coefficient (Wildman–Crippen LogP) is -0.985. The highest BCUT2D eigenvalue weighted by Crippen LogP contribution is 1.85. The molecule has 0 bridgehead atoms. The van der Waals surface area contributed by atoms with Gasteiger partial charge in [-0.05, 0) is 0 Å². The van der Waals surface area contributed by atoms with Gasteiger partial charge >= 0.3 is 6.03 Å². The standard InChI is InChI=1S/C3H6O2.CH4N2O/c1-2-5-3-4-1;2-1(3)4/h1-3H2;(H4,2,3,4). The highest BCUT2D eigenvalue weighted by molar-refractivity contribution is 5.69. The smallest absolute Gasteiger partial charge is 0.309 e. The topological polar surface area (TPSA) is 87.6 Å². The molecule has 1 aliphatic heterocycles. The SMILES string of the molecule is C1COCO1.NC(N)=O. The van der Waals surface area contributed by atoms with Crippen LogP contribution in [0.4, 0.5) is 4.79 Å². The molecule has 0 radical (unpaired) electrons. The molecule has 0 aromatic heterocycles. The van der Waals surface area contributed by atoms with E-state index in [1.165, 1.54) is 0 Å². The number of primary amides is 2. The zero-order chi connectivity index (χ0) is 7.11. The molecule has 54 valence electrons. The summed E-state index contributed by atoms with van der Waals surface area (Å²) in [6, 6.07) is -0.833. The molecule has 4 N–H and O–H groups in total. The molecule has 1 saturated heterocycles. The Morgan fingerprint density at radius 2 is 1.56 bits per heavy atom. The summed E-state index contributed by atoms with van der Waals surface area (Å²) < 4.78 is 9.44. The van der Waals surface area contributed by atoms with Crippen molar-refractivity contribution < 1.29 is 14.3 Å². The van der Waals surface area contributed by atoms with Gasteiger partial charge in [-0.15, -0.1) is 0 Å². The molecule has 0 aliphatic carbocycles. The van der Waals surface area contributed by atoms with Gasteiger partial charge in [-0.2, -0.15) is 0 Å². The molecule has 0 unspecified atom stereocenters. The van der Waals surface area contributed by atoms with Crippen molar-refractivity contribution in [2.75, 3.05) is 20.0 Å². The minimum absolute atomic E-state index is 0.500. The number of hydrogen-bond acceptors (Lipinski definition) is 3. The Kier molecular flexibility index (Phi) is 4.85. The van der Waals surface area contributed by atoms with Crippen LogP contribution in [0.15, 0.2) is 0 Å². The zero-order valence-corrected chi connectivity index (χ0v) is 5.00. The highest BCUT2D eigenvalue weighted by Gasteiger charge is 1.93. The van der Waals surface area contributed by atoms with E-state index >= 15 is 0 Å². The first-order chi connectivity index (χ1) is 4.23. The Morgan fingerprint density at radius 1 is 1.22 bits per heavy atom. The van der Waals surface area contributed by atoms with E-state index in [0.29, 0.717) is 6.79 Å². The van der Waals surface area contributed by atoms with Crippen LogP contribution in [0, 0.1) is 0 Å². The predicted molar refractivity (Wildman–Crippen MR) is 30.5 cm³/mol. The molecule has 1 rings (SSSR count). The molecule has 5 nitrogen and oxygen atoms in total. The van der Waals surface area contributed by atoms with Gasteiger partial charge in [-0.3, -0.25) is 0 Å². The van der Waals surface area contributed by atoms with Crippen molar-refractivity contribution >= 4 is 6.03 Å². The van der Waals surface area contributed by atoms with Crippen molar-refractivity contribution in [2.45, 2.75) is 0 Å². The van der Waals surface area contributed by atoms with Crippen molar-refractivity contribution in [3.63, 3.8) is 0 Å². The van der Waals surface area contributed by atoms with E-state index in [2.05, 4.69) is 11.5 Å². The van der Waals surface area contributed by atoms with Crippen molar-refractivity contribution in [1.82, 2.24) is 0 Å². The fraction of sp³-hybridized carbons (Fsp3) is 0.750. The van der Waals surface area contributed by atoms with Crippen LogP contribution in [0.3, 0.4) is 0 Å². The van der Waals surface area contributed by atoms with Crippen LogP contribution in [0.25, 0.3) is 0 Å². The maximum absolute atomic E-state index is 9.00. The molecule has 1 aliphatic rings. The zero-order valence-electron chi connectivity index (χ0n) is 5.00. The average molecular weight is 134 g/mol. The van der Waals surface area contributed by atoms with Gasteiger partial charge in [0.1, 0.15) is 6.79 Å².